The summed E-state index contributed by atoms with van der Waals surface area (Å²) in [5.41, 5.74) is -0.0516. The predicted octanol–water partition coefficient (Wildman–Crippen LogP) is 1.75. The third-order valence-corrected chi connectivity index (χ3v) is 2.86. The molecule has 0 aliphatic carbocycles. The number of likely N-dealkylation sites (N-methyl/N-ethyl adjacent to an activating group) is 2. The summed E-state index contributed by atoms with van der Waals surface area (Å²) in [6.45, 7) is 12.9. The van der Waals surface area contributed by atoms with Gasteiger partial charge in [-0.25, -0.2) is 0 Å². The summed E-state index contributed by atoms with van der Waals surface area (Å²) in [5.74, 6) is 0. The maximum atomic E-state index is 5.84. The van der Waals surface area contributed by atoms with Crippen LogP contribution in [0.25, 0.3) is 0 Å². The Balaban J connectivity index is 3.65. The maximum Gasteiger partial charge on any atom is 0.0639 e. The third kappa shape index (κ3) is 11.0. The molecular formula is C14H32N2O2. The SMILES string of the molecule is CNCCOC(C)(C)CCN(C)CCOC(C)C. The monoisotopic (exact) mass is 260 g/mol. The largest absolute Gasteiger partial charge is 0.377 e. The molecule has 0 aromatic heterocycles. The third-order valence-electron chi connectivity index (χ3n) is 2.86. The lowest BCUT2D eigenvalue weighted by atomic mass is 10.1. The molecule has 0 amide bonds. The van der Waals surface area contributed by atoms with Crippen molar-refractivity contribution in [3.05, 3.63) is 0 Å². The van der Waals surface area contributed by atoms with E-state index >= 15 is 0 Å². The fraction of sp³-hybridized carbons (Fsp3) is 1.00. The van der Waals surface area contributed by atoms with Crippen molar-refractivity contribution >= 4 is 0 Å². The van der Waals surface area contributed by atoms with Crippen molar-refractivity contribution in [1.29, 1.82) is 0 Å². The molecule has 0 aromatic rings. The van der Waals surface area contributed by atoms with Crippen LogP contribution in [-0.4, -0.2) is 63.5 Å². The highest BCUT2D eigenvalue weighted by atomic mass is 16.5. The highest BCUT2D eigenvalue weighted by Gasteiger charge is 2.18. The minimum absolute atomic E-state index is 0.0516. The van der Waals surface area contributed by atoms with Crippen LogP contribution in [0, 0.1) is 0 Å². The Kier molecular flexibility index (Phi) is 9.64. The molecule has 0 bridgehead atoms. The smallest absolute Gasteiger partial charge is 0.0639 e. The van der Waals surface area contributed by atoms with Crippen LogP contribution in [0.1, 0.15) is 34.1 Å². The van der Waals surface area contributed by atoms with Gasteiger partial charge in [0.1, 0.15) is 0 Å². The van der Waals surface area contributed by atoms with Gasteiger partial charge in [-0.3, -0.25) is 0 Å². The van der Waals surface area contributed by atoms with E-state index in [-0.39, 0.29) is 5.60 Å². The molecule has 0 saturated heterocycles. The first-order valence-corrected chi connectivity index (χ1v) is 6.96. The average molecular weight is 260 g/mol. The van der Waals surface area contributed by atoms with Crippen molar-refractivity contribution in [1.82, 2.24) is 10.2 Å². The summed E-state index contributed by atoms with van der Waals surface area (Å²) >= 11 is 0. The van der Waals surface area contributed by atoms with Gasteiger partial charge >= 0.3 is 0 Å². The van der Waals surface area contributed by atoms with E-state index in [0.29, 0.717) is 6.10 Å². The summed E-state index contributed by atoms with van der Waals surface area (Å²) < 4.78 is 11.4. The molecule has 0 aliphatic heterocycles. The van der Waals surface area contributed by atoms with E-state index in [1.54, 1.807) is 0 Å². The minimum atomic E-state index is -0.0516. The first kappa shape index (κ1) is 17.8. The second kappa shape index (κ2) is 9.73. The van der Waals surface area contributed by atoms with Gasteiger partial charge in [-0.1, -0.05) is 0 Å². The average Bonchev–Trinajstić information content (AvgIpc) is 2.26. The number of nitrogens with one attached hydrogen (secondary N) is 1. The van der Waals surface area contributed by atoms with Crippen molar-refractivity contribution in [2.24, 2.45) is 0 Å². The molecule has 0 spiro atoms. The van der Waals surface area contributed by atoms with Crippen LogP contribution in [-0.2, 0) is 9.47 Å². The van der Waals surface area contributed by atoms with Crippen molar-refractivity contribution in [3.63, 3.8) is 0 Å². The van der Waals surface area contributed by atoms with Crippen LogP contribution in [0.5, 0.6) is 0 Å². The Morgan fingerprint density at radius 1 is 1.17 bits per heavy atom. The lowest BCUT2D eigenvalue weighted by Crippen LogP contribution is -2.34. The summed E-state index contributed by atoms with van der Waals surface area (Å²) in [6, 6.07) is 0. The molecule has 0 heterocycles. The van der Waals surface area contributed by atoms with E-state index in [9.17, 15) is 0 Å². The van der Waals surface area contributed by atoms with Gasteiger partial charge in [0.2, 0.25) is 0 Å². The molecule has 0 rings (SSSR count). The zero-order valence-corrected chi connectivity index (χ0v) is 13.1. The van der Waals surface area contributed by atoms with Crippen LogP contribution >= 0.6 is 0 Å². The highest BCUT2D eigenvalue weighted by Crippen LogP contribution is 2.14. The lowest BCUT2D eigenvalue weighted by Gasteiger charge is -2.28. The highest BCUT2D eigenvalue weighted by molar-refractivity contribution is 4.70. The summed E-state index contributed by atoms with van der Waals surface area (Å²) in [4.78, 5) is 2.30. The van der Waals surface area contributed by atoms with Gasteiger partial charge in [-0.2, -0.15) is 0 Å². The molecule has 0 atom stereocenters. The molecule has 1 N–H and O–H groups in total. The number of hydrogen-bond donors (Lipinski definition) is 1. The quantitative estimate of drug-likeness (QED) is 0.574. The molecule has 18 heavy (non-hydrogen) atoms. The van der Waals surface area contributed by atoms with E-state index in [0.717, 1.165) is 39.3 Å². The lowest BCUT2D eigenvalue weighted by molar-refractivity contribution is -0.0272. The van der Waals surface area contributed by atoms with Crippen LogP contribution in [0.15, 0.2) is 0 Å². The standard InChI is InChI=1S/C14H32N2O2/c1-13(2)17-12-10-16(6)9-7-14(3,4)18-11-8-15-5/h13,15H,7-12H2,1-6H3. The van der Waals surface area contributed by atoms with Gasteiger partial charge in [0.25, 0.3) is 0 Å². The maximum absolute atomic E-state index is 5.84. The number of rotatable bonds is 11. The Labute approximate surface area is 113 Å². The van der Waals surface area contributed by atoms with Gasteiger partial charge in [-0.05, 0) is 48.2 Å². The molecule has 0 saturated carbocycles. The van der Waals surface area contributed by atoms with Crippen molar-refractivity contribution in [2.75, 3.05) is 46.9 Å². The molecule has 0 radical (unpaired) electrons. The molecular weight excluding hydrogens is 228 g/mol. The Morgan fingerprint density at radius 2 is 1.83 bits per heavy atom. The Hall–Kier alpha value is -0.160. The minimum Gasteiger partial charge on any atom is -0.377 e. The van der Waals surface area contributed by atoms with Crippen LogP contribution in [0.2, 0.25) is 0 Å². The summed E-state index contributed by atoms with van der Waals surface area (Å²) in [6.07, 6.45) is 1.36. The fourth-order valence-electron chi connectivity index (χ4n) is 1.52. The van der Waals surface area contributed by atoms with Gasteiger partial charge < -0.3 is 19.7 Å². The molecule has 0 aliphatic rings. The topological polar surface area (TPSA) is 33.7 Å². The molecule has 0 fully saturated rings. The van der Waals surface area contributed by atoms with E-state index < -0.39 is 0 Å². The van der Waals surface area contributed by atoms with E-state index in [1.807, 2.05) is 7.05 Å². The Morgan fingerprint density at radius 3 is 2.39 bits per heavy atom. The van der Waals surface area contributed by atoms with Gasteiger partial charge in [-0.15, -0.1) is 0 Å². The first-order chi connectivity index (χ1) is 8.37. The number of ether oxygens (including phenoxy) is 2. The van der Waals surface area contributed by atoms with E-state index in [4.69, 9.17) is 9.47 Å². The number of nitrogens with zero attached hydrogens (tertiary/aromatic N) is 1. The van der Waals surface area contributed by atoms with Crippen molar-refractivity contribution in [2.45, 2.75) is 45.8 Å². The van der Waals surface area contributed by atoms with Crippen molar-refractivity contribution < 1.29 is 9.47 Å². The summed E-state index contributed by atoms with van der Waals surface area (Å²) in [7, 11) is 4.08. The van der Waals surface area contributed by atoms with Gasteiger partial charge in [0.15, 0.2) is 0 Å². The molecule has 4 nitrogen and oxygen atoms in total. The van der Waals surface area contributed by atoms with Crippen LogP contribution < -0.4 is 5.32 Å². The van der Waals surface area contributed by atoms with Crippen molar-refractivity contribution in [3.8, 4) is 0 Å². The zero-order chi connectivity index (χ0) is 14.0. The van der Waals surface area contributed by atoms with Crippen LogP contribution in [0.4, 0.5) is 0 Å². The molecule has 0 unspecified atom stereocenters. The molecule has 110 valence electrons. The van der Waals surface area contributed by atoms with E-state index in [1.165, 1.54) is 0 Å². The first-order valence-electron chi connectivity index (χ1n) is 6.96. The zero-order valence-electron chi connectivity index (χ0n) is 13.1. The molecule has 0 aromatic carbocycles. The van der Waals surface area contributed by atoms with Gasteiger partial charge in [0, 0.05) is 19.6 Å². The normalized spacial score (nSPS) is 12.7. The van der Waals surface area contributed by atoms with Gasteiger partial charge in [0.05, 0.1) is 24.9 Å². The van der Waals surface area contributed by atoms with Crippen LogP contribution in [0.3, 0.4) is 0 Å². The predicted molar refractivity (Wildman–Crippen MR) is 77.2 cm³/mol. The fourth-order valence-corrected chi connectivity index (χ4v) is 1.52. The van der Waals surface area contributed by atoms with E-state index in [2.05, 4.69) is 45.0 Å². The summed E-state index contributed by atoms with van der Waals surface area (Å²) in [5, 5.41) is 3.09. The Bertz CT molecular complexity index is 196. The second-order valence-electron chi connectivity index (χ2n) is 5.68. The second-order valence-corrected chi connectivity index (χ2v) is 5.68. The number of hydrogen-bond acceptors (Lipinski definition) is 4. The molecule has 4 heteroatoms.